The molecule has 2 nitrogen and oxygen atoms in total. The fourth-order valence-electron chi connectivity index (χ4n) is 1.64. The number of hydrogen-bond acceptors (Lipinski definition) is 2. The van der Waals surface area contributed by atoms with Gasteiger partial charge in [0.15, 0.2) is 0 Å². The van der Waals surface area contributed by atoms with Crippen LogP contribution in [0.2, 0.25) is 0 Å². The zero-order valence-corrected chi connectivity index (χ0v) is 7.38. The van der Waals surface area contributed by atoms with E-state index in [2.05, 4.69) is 6.92 Å². The van der Waals surface area contributed by atoms with E-state index in [1.165, 1.54) is 25.7 Å². The van der Waals surface area contributed by atoms with Crippen LogP contribution in [0.5, 0.6) is 0 Å². The van der Waals surface area contributed by atoms with E-state index in [4.69, 9.17) is 10.5 Å². The number of nitrogens with two attached hydrogens (primary N) is 1. The third-order valence-corrected chi connectivity index (χ3v) is 2.45. The van der Waals surface area contributed by atoms with Crippen LogP contribution < -0.4 is 5.73 Å². The summed E-state index contributed by atoms with van der Waals surface area (Å²) >= 11 is 0. The molecule has 1 fully saturated rings. The molecular formula is C9H19NO. The minimum atomic E-state index is 0.466. The Bertz CT molecular complexity index is 95.0. The zero-order chi connectivity index (χ0) is 8.10. The van der Waals surface area contributed by atoms with Crippen LogP contribution >= 0.6 is 0 Å². The van der Waals surface area contributed by atoms with Crippen LogP contribution in [-0.4, -0.2) is 19.3 Å². The monoisotopic (exact) mass is 157 g/mol. The van der Waals surface area contributed by atoms with Crippen molar-refractivity contribution < 1.29 is 4.74 Å². The molecular weight excluding hydrogens is 138 g/mol. The van der Waals surface area contributed by atoms with E-state index in [-0.39, 0.29) is 0 Å². The lowest BCUT2D eigenvalue weighted by Gasteiger charge is -2.25. The van der Waals surface area contributed by atoms with Crippen molar-refractivity contribution in [2.75, 3.05) is 13.2 Å². The average Bonchev–Trinajstić information content (AvgIpc) is 2.04. The van der Waals surface area contributed by atoms with Crippen molar-refractivity contribution in [3.05, 3.63) is 0 Å². The third kappa shape index (κ3) is 3.21. The van der Waals surface area contributed by atoms with Gasteiger partial charge < -0.3 is 10.5 Å². The highest BCUT2D eigenvalue weighted by atomic mass is 16.5. The van der Waals surface area contributed by atoms with Gasteiger partial charge in [-0.15, -0.1) is 0 Å². The maximum Gasteiger partial charge on any atom is 0.0494 e. The summed E-state index contributed by atoms with van der Waals surface area (Å²) in [5.74, 6) is 0.787. The predicted octanol–water partition coefficient (Wildman–Crippen LogP) is 1.54. The van der Waals surface area contributed by atoms with Crippen molar-refractivity contribution in [3.63, 3.8) is 0 Å². The maximum atomic E-state index is 5.78. The van der Waals surface area contributed by atoms with E-state index in [0.29, 0.717) is 6.04 Å². The Morgan fingerprint density at radius 2 is 1.91 bits per heavy atom. The van der Waals surface area contributed by atoms with Crippen molar-refractivity contribution in [1.82, 2.24) is 0 Å². The Balaban J connectivity index is 2.07. The Labute approximate surface area is 69.1 Å². The van der Waals surface area contributed by atoms with Gasteiger partial charge in [-0.2, -0.15) is 0 Å². The van der Waals surface area contributed by atoms with Gasteiger partial charge in [0.2, 0.25) is 0 Å². The summed E-state index contributed by atoms with van der Waals surface area (Å²) in [4.78, 5) is 0. The molecule has 0 amide bonds. The van der Waals surface area contributed by atoms with Crippen LogP contribution in [0.25, 0.3) is 0 Å². The molecule has 0 bridgehead atoms. The first-order chi connectivity index (χ1) is 5.33. The quantitative estimate of drug-likeness (QED) is 0.674. The van der Waals surface area contributed by atoms with Gasteiger partial charge >= 0.3 is 0 Å². The van der Waals surface area contributed by atoms with Gasteiger partial charge in [0.1, 0.15) is 0 Å². The van der Waals surface area contributed by atoms with Crippen LogP contribution in [0.4, 0.5) is 0 Å². The van der Waals surface area contributed by atoms with Crippen LogP contribution in [0, 0.1) is 5.92 Å². The van der Waals surface area contributed by atoms with E-state index in [0.717, 1.165) is 19.1 Å². The molecule has 1 aliphatic rings. The lowest BCUT2D eigenvalue weighted by molar-refractivity contribution is 0.0923. The second-order valence-corrected chi connectivity index (χ2v) is 3.44. The van der Waals surface area contributed by atoms with Crippen LogP contribution in [0.1, 0.15) is 32.6 Å². The first kappa shape index (κ1) is 9.01. The molecule has 0 aromatic carbocycles. The Kier molecular flexibility index (Phi) is 3.87. The van der Waals surface area contributed by atoms with E-state index in [1.807, 2.05) is 0 Å². The summed E-state index contributed by atoms with van der Waals surface area (Å²) in [7, 11) is 0. The van der Waals surface area contributed by atoms with Crippen molar-refractivity contribution in [1.29, 1.82) is 0 Å². The normalized spacial score (nSPS) is 32.2. The van der Waals surface area contributed by atoms with Gasteiger partial charge in [-0.1, -0.05) is 0 Å². The molecule has 1 rings (SSSR count). The topological polar surface area (TPSA) is 35.2 Å². The molecule has 11 heavy (non-hydrogen) atoms. The van der Waals surface area contributed by atoms with Crippen LogP contribution in [-0.2, 0) is 4.74 Å². The van der Waals surface area contributed by atoms with Crippen LogP contribution in [0.15, 0.2) is 0 Å². The molecule has 2 heteroatoms. The summed E-state index contributed by atoms with van der Waals surface area (Å²) in [5, 5.41) is 0. The summed E-state index contributed by atoms with van der Waals surface area (Å²) in [6.45, 7) is 3.85. The van der Waals surface area contributed by atoms with E-state index in [1.54, 1.807) is 0 Å². The van der Waals surface area contributed by atoms with Crippen LogP contribution in [0.3, 0.4) is 0 Å². The molecule has 0 aromatic rings. The van der Waals surface area contributed by atoms with Gasteiger partial charge in [-0.25, -0.2) is 0 Å². The van der Waals surface area contributed by atoms with Crippen molar-refractivity contribution in [2.24, 2.45) is 11.7 Å². The second kappa shape index (κ2) is 4.73. The van der Waals surface area contributed by atoms with Gasteiger partial charge in [0, 0.05) is 19.3 Å². The molecule has 0 unspecified atom stereocenters. The molecule has 0 radical (unpaired) electrons. The summed E-state index contributed by atoms with van der Waals surface area (Å²) in [5.41, 5.74) is 5.78. The largest absolute Gasteiger partial charge is 0.381 e. The lowest BCUT2D eigenvalue weighted by Crippen LogP contribution is -2.28. The van der Waals surface area contributed by atoms with Gasteiger partial charge in [-0.3, -0.25) is 0 Å². The maximum absolute atomic E-state index is 5.78. The van der Waals surface area contributed by atoms with Gasteiger partial charge in [0.25, 0.3) is 0 Å². The molecule has 66 valence electrons. The molecule has 0 heterocycles. The highest BCUT2D eigenvalue weighted by molar-refractivity contribution is 4.73. The Morgan fingerprint density at radius 1 is 1.27 bits per heavy atom. The third-order valence-electron chi connectivity index (χ3n) is 2.45. The summed E-state index contributed by atoms with van der Waals surface area (Å²) < 4.78 is 5.37. The van der Waals surface area contributed by atoms with Crippen molar-refractivity contribution in [2.45, 2.75) is 38.6 Å². The highest BCUT2D eigenvalue weighted by Gasteiger charge is 2.17. The molecule has 1 aliphatic carbocycles. The number of ether oxygens (including phenoxy) is 1. The number of rotatable bonds is 3. The first-order valence-electron chi connectivity index (χ1n) is 4.66. The van der Waals surface area contributed by atoms with Gasteiger partial charge in [-0.05, 0) is 38.5 Å². The SMILES string of the molecule is CCOCC1CCC(N)CC1. The molecule has 1 saturated carbocycles. The summed E-state index contributed by atoms with van der Waals surface area (Å²) in [6, 6.07) is 0.466. The molecule has 0 saturated heterocycles. The molecule has 0 aliphatic heterocycles. The molecule has 0 atom stereocenters. The highest BCUT2D eigenvalue weighted by Crippen LogP contribution is 2.22. The lowest BCUT2D eigenvalue weighted by atomic mass is 9.87. The fraction of sp³-hybridized carbons (Fsp3) is 1.00. The Morgan fingerprint density at radius 3 is 2.45 bits per heavy atom. The number of hydrogen-bond donors (Lipinski definition) is 1. The van der Waals surface area contributed by atoms with E-state index >= 15 is 0 Å². The predicted molar refractivity (Wildman–Crippen MR) is 46.4 cm³/mol. The smallest absolute Gasteiger partial charge is 0.0494 e. The Hall–Kier alpha value is -0.0800. The zero-order valence-electron chi connectivity index (χ0n) is 7.38. The first-order valence-corrected chi connectivity index (χ1v) is 4.66. The average molecular weight is 157 g/mol. The van der Waals surface area contributed by atoms with Crippen molar-refractivity contribution >= 4 is 0 Å². The molecule has 0 spiro atoms. The van der Waals surface area contributed by atoms with E-state index in [9.17, 15) is 0 Å². The summed E-state index contributed by atoms with van der Waals surface area (Å²) in [6.07, 6.45) is 4.91. The van der Waals surface area contributed by atoms with Gasteiger partial charge in [0.05, 0.1) is 0 Å². The minimum absolute atomic E-state index is 0.466. The second-order valence-electron chi connectivity index (χ2n) is 3.44. The molecule has 2 N–H and O–H groups in total. The minimum Gasteiger partial charge on any atom is -0.381 e. The van der Waals surface area contributed by atoms with Crippen molar-refractivity contribution in [3.8, 4) is 0 Å². The standard InChI is InChI=1S/C9H19NO/c1-2-11-7-8-3-5-9(10)6-4-8/h8-9H,2-7,10H2,1H3. The fourth-order valence-corrected chi connectivity index (χ4v) is 1.64. The molecule has 0 aromatic heterocycles. The van der Waals surface area contributed by atoms with E-state index < -0.39 is 0 Å².